The Morgan fingerprint density at radius 3 is 3.06 bits per heavy atom. The predicted octanol–water partition coefficient (Wildman–Crippen LogP) is 2.32. The number of rotatable bonds is 7. The third-order valence-corrected chi connectivity index (χ3v) is 2.16. The molecule has 0 radical (unpaired) electrons. The fourth-order valence-corrected chi connectivity index (χ4v) is 1.33. The minimum Gasteiger partial charge on any atom is -0.397 e. The van der Waals surface area contributed by atoms with E-state index in [-0.39, 0.29) is 0 Å². The molecule has 4 nitrogen and oxygen atoms in total. The highest BCUT2D eigenvalue weighted by molar-refractivity contribution is 6.33. The number of nitrogen functional groups attached to an aromatic ring is 1. The molecule has 0 spiro atoms. The van der Waals surface area contributed by atoms with Gasteiger partial charge in [0.15, 0.2) is 0 Å². The maximum absolute atomic E-state index is 5.93. The van der Waals surface area contributed by atoms with Crippen LogP contribution in [-0.4, -0.2) is 24.7 Å². The summed E-state index contributed by atoms with van der Waals surface area (Å²) >= 11 is 5.93. The summed E-state index contributed by atoms with van der Waals surface area (Å²) in [6.07, 6.45) is 4.25. The highest BCUT2D eigenvalue weighted by Crippen LogP contribution is 2.20. The molecule has 88 valence electrons. The summed E-state index contributed by atoms with van der Waals surface area (Å²) in [7, 11) is 0. The Labute approximate surface area is 100 Å². The molecule has 16 heavy (non-hydrogen) atoms. The average molecular weight is 242 g/mol. The van der Waals surface area contributed by atoms with Gasteiger partial charge in [-0.2, -0.15) is 0 Å². The largest absolute Gasteiger partial charge is 0.397 e. The number of hydrogen-bond donors (Lipinski definition) is 2. The summed E-state index contributed by atoms with van der Waals surface area (Å²) in [6, 6.07) is 1.66. The standard InChI is InChI=1S/C11H16ClN3O/c1-2-3-5-16-6-4-14-11-10(12)7-9(13)8-15-11/h2,7-8H,1,3-6,13H2,(H,14,15). The van der Waals surface area contributed by atoms with Gasteiger partial charge in [0.25, 0.3) is 0 Å². The number of pyridine rings is 1. The predicted molar refractivity (Wildman–Crippen MR) is 67.8 cm³/mol. The van der Waals surface area contributed by atoms with Crippen molar-refractivity contribution < 1.29 is 4.74 Å². The number of nitrogens with zero attached hydrogens (tertiary/aromatic N) is 1. The van der Waals surface area contributed by atoms with Crippen LogP contribution >= 0.6 is 11.6 Å². The van der Waals surface area contributed by atoms with Gasteiger partial charge in [0.05, 0.1) is 30.1 Å². The van der Waals surface area contributed by atoms with Crippen LogP contribution in [0.1, 0.15) is 6.42 Å². The second-order valence-electron chi connectivity index (χ2n) is 3.22. The zero-order valence-corrected chi connectivity index (χ0v) is 9.83. The van der Waals surface area contributed by atoms with Crippen molar-refractivity contribution in [2.24, 2.45) is 0 Å². The molecule has 0 amide bonds. The molecule has 5 heteroatoms. The van der Waals surface area contributed by atoms with E-state index >= 15 is 0 Å². The van der Waals surface area contributed by atoms with Crippen molar-refractivity contribution in [3.8, 4) is 0 Å². The van der Waals surface area contributed by atoms with Gasteiger partial charge in [-0.15, -0.1) is 6.58 Å². The van der Waals surface area contributed by atoms with Crippen LogP contribution in [0.5, 0.6) is 0 Å². The van der Waals surface area contributed by atoms with Crippen LogP contribution in [0.2, 0.25) is 5.02 Å². The molecule has 0 fully saturated rings. The smallest absolute Gasteiger partial charge is 0.144 e. The number of hydrogen-bond acceptors (Lipinski definition) is 4. The number of nitrogens with two attached hydrogens (primary N) is 1. The van der Waals surface area contributed by atoms with Gasteiger partial charge in [0, 0.05) is 6.54 Å². The lowest BCUT2D eigenvalue weighted by atomic mass is 10.4. The van der Waals surface area contributed by atoms with Crippen LogP contribution in [0.3, 0.4) is 0 Å². The lowest BCUT2D eigenvalue weighted by molar-refractivity contribution is 0.149. The summed E-state index contributed by atoms with van der Waals surface area (Å²) < 4.78 is 5.33. The monoisotopic (exact) mass is 241 g/mol. The summed E-state index contributed by atoms with van der Waals surface area (Å²) in [5.74, 6) is 0.628. The van der Waals surface area contributed by atoms with Crippen LogP contribution in [0.4, 0.5) is 11.5 Å². The highest BCUT2D eigenvalue weighted by atomic mass is 35.5. The van der Waals surface area contributed by atoms with Crippen molar-refractivity contribution in [3.63, 3.8) is 0 Å². The molecule has 1 rings (SSSR count). The fraction of sp³-hybridized carbons (Fsp3) is 0.364. The van der Waals surface area contributed by atoms with E-state index in [0.717, 1.165) is 6.42 Å². The second kappa shape index (κ2) is 7.09. The van der Waals surface area contributed by atoms with Crippen LogP contribution in [0.15, 0.2) is 24.9 Å². The van der Waals surface area contributed by atoms with Crippen molar-refractivity contribution in [2.75, 3.05) is 30.8 Å². The molecule has 0 aliphatic carbocycles. The molecule has 1 aromatic heterocycles. The number of aromatic nitrogens is 1. The van der Waals surface area contributed by atoms with Crippen molar-refractivity contribution in [1.82, 2.24) is 4.98 Å². The highest BCUT2D eigenvalue weighted by Gasteiger charge is 2.00. The van der Waals surface area contributed by atoms with E-state index in [9.17, 15) is 0 Å². The molecule has 0 saturated carbocycles. The molecule has 0 aliphatic heterocycles. The Hall–Kier alpha value is -1.26. The first-order chi connectivity index (χ1) is 7.74. The summed E-state index contributed by atoms with van der Waals surface area (Å²) in [6.45, 7) is 5.57. The number of halogens is 1. The van der Waals surface area contributed by atoms with Crippen molar-refractivity contribution in [3.05, 3.63) is 29.9 Å². The van der Waals surface area contributed by atoms with E-state index < -0.39 is 0 Å². The molecule has 0 aromatic carbocycles. The zero-order valence-electron chi connectivity index (χ0n) is 9.08. The van der Waals surface area contributed by atoms with Gasteiger partial charge in [-0.1, -0.05) is 17.7 Å². The van der Waals surface area contributed by atoms with E-state index in [1.165, 1.54) is 0 Å². The van der Waals surface area contributed by atoms with Crippen molar-refractivity contribution in [2.45, 2.75) is 6.42 Å². The molecular weight excluding hydrogens is 226 g/mol. The molecule has 0 unspecified atom stereocenters. The van der Waals surface area contributed by atoms with E-state index in [1.54, 1.807) is 12.3 Å². The SMILES string of the molecule is C=CCCOCCNc1ncc(N)cc1Cl. The van der Waals surface area contributed by atoms with Crippen LogP contribution in [0, 0.1) is 0 Å². The summed E-state index contributed by atoms with van der Waals surface area (Å²) in [5.41, 5.74) is 6.08. The van der Waals surface area contributed by atoms with Gasteiger partial charge in [0.1, 0.15) is 5.82 Å². The first-order valence-electron chi connectivity index (χ1n) is 5.07. The van der Waals surface area contributed by atoms with Gasteiger partial charge in [-0.3, -0.25) is 0 Å². The number of ether oxygens (including phenoxy) is 1. The minimum atomic E-state index is 0.520. The molecule has 1 aromatic rings. The Kier molecular flexibility index (Phi) is 5.67. The molecule has 0 saturated heterocycles. The molecular formula is C11H16ClN3O. The fourth-order valence-electron chi connectivity index (χ4n) is 1.09. The summed E-state index contributed by atoms with van der Waals surface area (Å²) in [5, 5.41) is 3.59. The van der Waals surface area contributed by atoms with E-state index in [4.69, 9.17) is 22.1 Å². The quantitative estimate of drug-likeness (QED) is 0.568. The van der Waals surface area contributed by atoms with Gasteiger partial charge >= 0.3 is 0 Å². The Balaban J connectivity index is 2.24. The van der Waals surface area contributed by atoms with Crippen LogP contribution in [0.25, 0.3) is 0 Å². The molecule has 3 N–H and O–H groups in total. The summed E-state index contributed by atoms with van der Waals surface area (Å²) in [4.78, 5) is 4.07. The number of nitrogens with one attached hydrogen (secondary N) is 1. The van der Waals surface area contributed by atoms with Crippen LogP contribution < -0.4 is 11.1 Å². The van der Waals surface area contributed by atoms with Gasteiger partial charge in [0.2, 0.25) is 0 Å². The van der Waals surface area contributed by atoms with E-state index in [0.29, 0.717) is 36.3 Å². The Bertz CT molecular complexity index is 344. The van der Waals surface area contributed by atoms with Gasteiger partial charge < -0.3 is 15.8 Å². The third-order valence-electron chi connectivity index (χ3n) is 1.87. The van der Waals surface area contributed by atoms with Gasteiger partial charge in [-0.05, 0) is 12.5 Å². The molecule has 0 bridgehead atoms. The van der Waals surface area contributed by atoms with E-state index in [1.807, 2.05) is 6.08 Å². The topological polar surface area (TPSA) is 60.2 Å². The first-order valence-corrected chi connectivity index (χ1v) is 5.45. The molecule has 0 aliphatic rings. The van der Waals surface area contributed by atoms with Gasteiger partial charge in [-0.25, -0.2) is 4.98 Å². The van der Waals surface area contributed by atoms with Crippen molar-refractivity contribution >= 4 is 23.1 Å². The maximum Gasteiger partial charge on any atom is 0.144 e. The van der Waals surface area contributed by atoms with Crippen molar-refractivity contribution in [1.29, 1.82) is 0 Å². The third kappa shape index (κ3) is 4.51. The average Bonchev–Trinajstić information content (AvgIpc) is 2.26. The van der Waals surface area contributed by atoms with E-state index in [2.05, 4.69) is 16.9 Å². The molecule has 1 heterocycles. The maximum atomic E-state index is 5.93. The Morgan fingerprint density at radius 2 is 2.38 bits per heavy atom. The second-order valence-corrected chi connectivity index (χ2v) is 3.62. The molecule has 0 atom stereocenters. The van der Waals surface area contributed by atoms with Crippen LogP contribution in [-0.2, 0) is 4.74 Å². The Morgan fingerprint density at radius 1 is 1.56 bits per heavy atom. The lowest BCUT2D eigenvalue weighted by Gasteiger charge is -2.07. The first kappa shape index (κ1) is 12.8. The number of anilines is 2. The lowest BCUT2D eigenvalue weighted by Crippen LogP contribution is -2.11. The minimum absolute atomic E-state index is 0.520. The zero-order chi connectivity index (χ0) is 11.8. The normalized spacial score (nSPS) is 10.1.